The van der Waals surface area contributed by atoms with Crippen molar-refractivity contribution < 1.29 is 0 Å². The Morgan fingerprint density at radius 2 is 1.81 bits per heavy atom. The van der Waals surface area contributed by atoms with Crippen molar-refractivity contribution in [3.05, 3.63) is 81.5 Å². The second-order valence-corrected chi connectivity index (χ2v) is 8.56. The number of aromatic nitrogens is 3. The molecule has 3 heterocycles. The molecular formula is C23H20Cl2N6O. The number of benzene rings is 2. The fraction of sp³-hybridized carbons (Fsp3) is 0.174. The van der Waals surface area contributed by atoms with Gasteiger partial charge in [0.25, 0.3) is 5.56 Å². The van der Waals surface area contributed by atoms with E-state index in [0.717, 1.165) is 30.9 Å². The summed E-state index contributed by atoms with van der Waals surface area (Å²) < 4.78 is 1.34. The van der Waals surface area contributed by atoms with Crippen molar-refractivity contribution >= 4 is 51.3 Å². The Morgan fingerprint density at radius 3 is 2.50 bits per heavy atom. The molecule has 0 unspecified atom stereocenters. The minimum Gasteiger partial charge on any atom is -0.370 e. The summed E-state index contributed by atoms with van der Waals surface area (Å²) >= 11 is 12.5. The van der Waals surface area contributed by atoms with Gasteiger partial charge in [0, 0.05) is 42.8 Å². The minimum atomic E-state index is -0.294. The van der Waals surface area contributed by atoms with Crippen LogP contribution in [0.15, 0.2) is 65.8 Å². The molecule has 1 fully saturated rings. The van der Waals surface area contributed by atoms with Gasteiger partial charge in [-0.1, -0.05) is 29.3 Å². The number of rotatable bonds is 4. The van der Waals surface area contributed by atoms with Gasteiger partial charge in [0.15, 0.2) is 0 Å². The summed E-state index contributed by atoms with van der Waals surface area (Å²) in [7, 11) is 0. The van der Waals surface area contributed by atoms with Crippen LogP contribution in [0.2, 0.25) is 10.0 Å². The second kappa shape index (κ2) is 8.43. The first-order valence-corrected chi connectivity index (χ1v) is 10.9. The van der Waals surface area contributed by atoms with Crippen LogP contribution >= 0.6 is 23.2 Å². The van der Waals surface area contributed by atoms with Crippen LogP contribution in [-0.2, 0) is 0 Å². The minimum absolute atomic E-state index is 0.237. The van der Waals surface area contributed by atoms with Gasteiger partial charge in [-0.25, -0.2) is 9.97 Å². The number of nitrogens with zero attached hydrogens (tertiary/aromatic N) is 4. The summed E-state index contributed by atoms with van der Waals surface area (Å²) in [6.07, 6.45) is 3.95. The van der Waals surface area contributed by atoms with Gasteiger partial charge in [0.2, 0.25) is 0 Å². The maximum atomic E-state index is 13.0. The SMILES string of the molecule is N[C@@H]1CCN(c2ccc(Nc3cc4ncn(-c5c(Cl)cccc5Cl)c(=O)c4cn3)cc2)C1. The topological polar surface area (TPSA) is 89.1 Å². The van der Waals surface area contributed by atoms with Crippen LogP contribution in [0, 0.1) is 0 Å². The van der Waals surface area contributed by atoms with Crippen molar-refractivity contribution in [1.82, 2.24) is 14.5 Å². The van der Waals surface area contributed by atoms with Gasteiger partial charge in [-0.2, -0.15) is 0 Å². The van der Waals surface area contributed by atoms with Gasteiger partial charge in [0.05, 0.1) is 26.6 Å². The fourth-order valence-corrected chi connectivity index (χ4v) is 4.47. The average molecular weight is 467 g/mol. The Hall–Kier alpha value is -3.13. The zero-order valence-corrected chi connectivity index (χ0v) is 18.5. The van der Waals surface area contributed by atoms with E-state index < -0.39 is 0 Å². The molecule has 1 aliphatic rings. The molecule has 4 aromatic rings. The molecule has 0 saturated carbocycles. The third-order valence-electron chi connectivity index (χ3n) is 5.55. The number of nitrogens with one attached hydrogen (secondary N) is 1. The van der Waals surface area contributed by atoms with Crippen molar-refractivity contribution in [2.45, 2.75) is 12.5 Å². The maximum absolute atomic E-state index is 13.0. The lowest BCUT2D eigenvalue weighted by Gasteiger charge is -2.18. The summed E-state index contributed by atoms with van der Waals surface area (Å²) in [5, 5.41) is 4.37. The van der Waals surface area contributed by atoms with Gasteiger partial charge in [-0.05, 0) is 42.8 Å². The second-order valence-electron chi connectivity index (χ2n) is 7.74. The van der Waals surface area contributed by atoms with E-state index in [0.29, 0.717) is 32.5 Å². The molecule has 5 rings (SSSR count). The van der Waals surface area contributed by atoms with Gasteiger partial charge in [-0.3, -0.25) is 9.36 Å². The fourth-order valence-electron chi connectivity index (χ4n) is 3.89. The first kappa shape index (κ1) is 20.8. The Kier molecular flexibility index (Phi) is 5.46. The molecule has 2 aromatic heterocycles. The van der Waals surface area contributed by atoms with E-state index in [2.05, 4.69) is 32.3 Å². The molecule has 7 nitrogen and oxygen atoms in total. The monoisotopic (exact) mass is 466 g/mol. The molecule has 3 N–H and O–H groups in total. The number of halogens is 2. The van der Waals surface area contributed by atoms with Crippen molar-refractivity contribution in [1.29, 1.82) is 0 Å². The molecule has 32 heavy (non-hydrogen) atoms. The highest BCUT2D eigenvalue weighted by molar-refractivity contribution is 6.37. The van der Waals surface area contributed by atoms with E-state index in [9.17, 15) is 4.79 Å². The average Bonchev–Trinajstić information content (AvgIpc) is 3.22. The van der Waals surface area contributed by atoms with E-state index in [1.165, 1.54) is 17.1 Å². The lowest BCUT2D eigenvalue weighted by Crippen LogP contribution is -2.26. The predicted octanol–water partition coefficient (Wildman–Crippen LogP) is 4.37. The quantitative estimate of drug-likeness (QED) is 0.464. The molecule has 1 atom stereocenters. The lowest BCUT2D eigenvalue weighted by molar-refractivity contribution is 0.752. The molecule has 0 radical (unpaired) electrons. The van der Waals surface area contributed by atoms with Crippen LogP contribution in [0.3, 0.4) is 0 Å². The first-order valence-electron chi connectivity index (χ1n) is 10.2. The van der Waals surface area contributed by atoms with Gasteiger partial charge in [0.1, 0.15) is 12.1 Å². The van der Waals surface area contributed by atoms with Crippen LogP contribution in [0.1, 0.15) is 6.42 Å². The maximum Gasteiger partial charge on any atom is 0.267 e. The van der Waals surface area contributed by atoms with E-state index >= 15 is 0 Å². The van der Waals surface area contributed by atoms with Crippen molar-refractivity contribution in [3.8, 4) is 5.69 Å². The molecular weight excluding hydrogens is 447 g/mol. The number of hydrogen-bond acceptors (Lipinski definition) is 6. The Labute approximate surface area is 194 Å². The molecule has 1 saturated heterocycles. The van der Waals surface area contributed by atoms with E-state index in [-0.39, 0.29) is 11.6 Å². The van der Waals surface area contributed by atoms with Crippen LogP contribution < -0.4 is 21.5 Å². The van der Waals surface area contributed by atoms with Crippen molar-refractivity contribution in [2.75, 3.05) is 23.3 Å². The number of anilines is 3. The summed E-state index contributed by atoms with van der Waals surface area (Å²) in [5.74, 6) is 0.592. The number of hydrogen-bond donors (Lipinski definition) is 2. The van der Waals surface area contributed by atoms with Crippen LogP contribution in [-0.4, -0.2) is 33.7 Å². The predicted molar refractivity (Wildman–Crippen MR) is 130 cm³/mol. The van der Waals surface area contributed by atoms with E-state index in [1.54, 1.807) is 24.3 Å². The molecule has 0 spiro atoms. The van der Waals surface area contributed by atoms with Crippen molar-refractivity contribution in [3.63, 3.8) is 0 Å². The normalized spacial score (nSPS) is 16.0. The highest BCUT2D eigenvalue weighted by atomic mass is 35.5. The zero-order chi connectivity index (χ0) is 22.2. The van der Waals surface area contributed by atoms with Crippen molar-refractivity contribution in [2.24, 2.45) is 5.73 Å². The number of para-hydroxylation sites is 1. The summed E-state index contributed by atoms with van der Waals surface area (Å²) in [6, 6.07) is 15.2. The zero-order valence-electron chi connectivity index (χ0n) is 17.0. The van der Waals surface area contributed by atoms with Gasteiger partial charge >= 0.3 is 0 Å². The van der Waals surface area contributed by atoms with Crippen LogP contribution in [0.25, 0.3) is 16.6 Å². The molecule has 0 aliphatic carbocycles. The number of fused-ring (bicyclic) bond motifs is 1. The van der Waals surface area contributed by atoms with Crippen LogP contribution in [0.4, 0.5) is 17.2 Å². The summed E-state index contributed by atoms with van der Waals surface area (Å²) in [6.45, 7) is 1.85. The molecule has 9 heteroatoms. The Morgan fingerprint density at radius 1 is 1.06 bits per heavy atom. The molecule has 162 valence electrons. The van der Waals surface area contributed by atoms with E-state index in [1.807, 2.05) is 12.1 Å². The van der Waals surface area contributed by atoms with Gasteiger partial charge < -0.3 is 16.0 Å². The number of nitrogens with two attached hydrogens (primary N) is 1. The van der Waals surface area contributed by atoms with Gasteiger partial charge in [-0.15, -0.1) is 0 Å². The largest absolute Gasteiger partial charge is 0.370 e. The highest BCUT2D eigenvalue weighted by Gasteiger charge is 2.19. The summed E-state index contributed by atoms with van der Waals surface area (Å²) in [5.41, 5.74) is 8.67. The Bertz CT molecular complexity index is 1330. The molecule has 0 bridgehead atoms. The third kappa shape index (κ3) is 3.90. The smallest absolute Gasteiger partial charge is 0.267 e. The first-order chi connectivity index (χ1) is 15.5. The standard InChI is InChI=1S/C23H20Cl2N6O/c24-18-2-1-3-19(25)22(18)31-13-28-20-10-21(27-11-17(20)23(31)32)29-15-4-6-16(7-5-15)30-9-8-14(26)12-30/h1-7,10-11,13-14H,8-9,12,26H2,(H,27,29)/t14-/m1/s1. The molecule has 1 aliphatic heterocycles. The van der Waals surface area contributed by atoms with Crippen LogP contribution in [0.5, 0.6) is 0 Å². The third-order valence-corrected chi connectivity index (χ3v) is 6.16. The number of pyridine rings is 1. The molecule has 0 amide bonds. The highest BCUT2D eigenvalue weighted by Crippen LogP contribution is 2.28. The Balaban J connectivity index is 1.41. The lowest BCUT2D eigenvalue weighted by atomic mass is 10.2. The molecule has 2 aromatic carbocycles. The summed E-state index contributed by atoms with van der Waals surface area (Å²) in [4.78, 5) is 24.1. The van der Waals surface area contributed by atoms with E-state index in [4.69, 9.17) is 28.9 Å².